The van der Waals surface area contributed by atoms with Crippen LogP contribution in [0.15, 0.2) is 28.1 Å². The van der Waals surface area contributed by atoms with Gasteiger partial charge >= 0.3 is 5.97 Å². The molecule has 0 aliphatic rings. The number of carbonyl (C=O) groups excluding carboxylic acids is 2. The summed E-state index contributed by atoms with van der Waals surface area (Å²) in [5.74, 6) is -0.484. The highest BCUT2D eigenvalue weighted by Crippen LogP contribution is 2.25. The standard InChI is InChI=1S/C14H16N2O4S/c1-9(14(18)19-3)8-16(2)13(17)10-7-11(20-15-10)12-5-4-6-21-12/h4-7,9H,8H2,1-3H3. The van der Waals surface area contributed by atoms with Crippen LogP contribution in [0, 0.1) is 5.92 Å². The van der Waals surface area contributed by atoms with E-state index >= 15 is 0 Å². The second-order valence-electron chi connectivity index (χ2n) is 4.66. The van der Waals surface area contributed by atoms with Crippen LogP contribution in [0.3, 0.4) is 0 Å². The summed E-state index contributed by atoms with van der Waals surface area (Å²) < 4.78 is 9.82. The highest BCUT2D eigenvalue weighted by Gasteiger charge is 2.22. The first-order valence-corrected chi connectivity index (χ1v) is 7.24. The molecule has 2 aromatic rings. The zero-order valence-electron chi connectivity index (χ0n) is 12.0. The molecule has 2 heterocycles. The number of thiophene rings is 1. The first-order chi connectivity index (χ1) is 10.0. The predicted octanol–water partition coefficient (Wildman–Crippen LogP) is 2.28. The highest BCUT2D eigenvalue weighted by atomic mass is 32.1. The van der Waals surface area contributed by atoms with Crippen LogP contribution in [-0.4, -0.2) is 42.6 Å². The third-order valence-corrected chi connectivity index (χ3v) is 3.88. The molecule has 2 rings (SSSR count). The molecule has 21 heavy (non-hydrogen) atoms. The second-order valence-corrected chi connectivity index (χ2v) is 5.61. The van der Waals surface area contributed by atoms with E-state index in [0.717, 1.165) is 4.88 Å². The quantitative estimate of drug-likeness (QED) is 0.792. The lowest BCUT2D eigenvalue weighted by Gasteiger charge is -2.18. The molecule has 0 N–H and O–H groups in total. The number of rotatable bonds is 5. The van der Waals surface area contributed by atoms with Crippen molar-refractivity contribution in [2.45, 2.75) is 6.92 Å². The van der Waals surface area contributed by atoms with Crippen LogP contribution in [0.1, 0.15) is 17.4 Å². The van der Waals surface area contributed by atoms with Crippen molar-refractivity contribution >= 4 is 23.2 Å². The summed E-state index contributed by atoms with van der Waals surface area (Å²) >= 11 is 1.51. The molecule has 1 amide bonds. The van der Waals surface area contributed by atoms with Gasteiger partial charge in [-0.15, -0.1) is 11.3 Å². The Bertz CT molecular complexity index is 621. The molecule has 6 nitrogen and oxygen atoms in total. The minimum Gasteiger partial charge on any atom is -0.469 e. The van der Waals surface area contributed by atoms with Crippen molar-refractivity contribution in [2.75, 3.05) is 20.7 Å². The molecule has 0 saturated carbocycles. The molecule has 0 aliphatic carbocycles. The summed E-state index contributed by atoms with van der Waals surface area (Å²) in [6.45, 7) is 1.96. The molecule has 0 fully saturated rings. The van der Waals surface area contributed by atoms with Crippen molar-refractivity contribution in [1.82, 2.24) is 10.1 Å². The first kappa shape index (κ1) is 15.2. The minimum atomic E-state index is -0.396. The van der Waals surface area contributed by atoms with Crippen molar-refractivity contribution in [3.8, 4) is 10.6 Å². The van der Waals surface area contributed by atoms with Gasteiger partial charge in [0.15, 0.2) is 11.5 Å². The average molecular weight is 308 g/mol. The minimum absolute atomic E-state index is 0.220. The van der Waals surface area contributed by atoms with E-state index in [0.29, 0.717) is 5.76 Å². The van der Waals surface area contributed by atoms with E-state index in [9.17, 15) is 9.59 Å². The number of amides is 1. The molecule has 1 unspecified atom stereocenters. The van der Waals surface area contributed by atoms with E-state index in [4.69, 9.17) is 4.52 Å². The Balaban J connectivity index is 2.04. The Morgan fingerprint density at radius 1 is 1.52 bits per heavy atom. The van der Waals surface area contributed by atoms with Crippen LogP contribution in [-0.2, 0) is 9.53 Å². The Morgan fingerprint density at radius 2 is 2.29 bits per heavy atom. The van der Waals surface area contributed by atoms with Crippen molar-refractivity contribution in [1.29, 1.82) is 0 Å². The molecule has 2 aromatic heterocycles. The lowest BCUT2D eigenvalue weighted by Crippen LogP contribution is -2.34. The number of carbonyl (C=O) groups is 2. The maximum absolute atomic E-state index is 12.2. The summed E-state index contributed by atoms with van der Waals surface area (Å²) in [7, 11) is 2.94. The van der Waals surface area contributed by atoms with Crippen LogP contribution < -0.4 is 0 Å². The maximum Gasteiger partial charge on any atom is 0.310 e. The molecule has 7 heteroatoms. The molecule has 0 bridgehead atoms. The lowest BCUT2D eigenvalue weighted by atomic mass is 10.1. The monoisotopic (exact) mass is 308 g/mol. The van der Waals surface area contributed by atoms with Gasteiger partial charge in [0.25, 0.3) is 5.91 Å². The van der Waals surface area contributed by atoms with Gasteiger partial charge in [-0.05, 0) is 11.4 Å². The van der Waals surface area contributed by atoms with Crippen LogP contribution in [0.4, 0.5) is 0 Å². The molecule has 0 spiro atoms. The molecule has 0 aliphatic heterocycles. The van der Waals surface area contributed by atoms with Gasteiger partial charge in [0, 0.05) is 19.7 Å². The van der Waals surface area contributed by atoms with Gasteiger partial charge in [-0.2, -0.15) is 0 Å². The number of hydrogen-bond donors (Lipinski definition) is 0. The molecule has 112 valence electrons. The number of nitrogens with zero attached hydrogens (tertiary/aromatic N) is 2. The van der Waals surface area contributed by atoms with Gasteiger partial charge in [0.1, 0.15) is 0 Å². The Kier molecular flexibility index (Phi) is 4.74. The van der Waals surface area contributed by atoms with Gasteiger partial charge in [0.05, 0.1) is 17.9 Å². The molecule has 1 atom stereocenters. The van der Waals surface area contributed by atoms with Crippen molar-refractivity contribution in [3.05, 3.63) is 29.3 Å². The van der Waals surface area contributed by atoms with E-state index in [-0.39, 0.29) is 24.1 Å². The van der Waals surface area contributed by atoms with Gasteiger partial charge < -0.3 is 14.2 Å². The number of aromatic nitrogens is 1. The summed E-state index contributed by atoms with van der Waals surface area (Å²) in [4.78, 5) is 25.9. The Labute approximate surface area is 126 Å². The summed E-state index contributed by atoms with van der Waals surface area (Å²) in [6, 6.07) is 5.39. The lowest BCUT2D eigenvalue weighted by molar-refractivity contribution is -0.145. The number of esters is 1. The van der Waals surface area contributed by atoms with Gasteiger partial charge in [0.2, 0.25) is 0 Å². The highest BCUT2D eigenvalue weighted by molar-refractivity contribution is 7.13. The molecule has 0 saturated heterocycles. The van der Waals surface area contributed by atoms with Gasteiger partial charge in [-0.25, -0.2) is 0 Å². The molecular weight excluding hydrogens is 292 g/mol. The number of ether oxygens (including phenoxy) is 1. The first-order valence-electron chi connectivity index (χ1n) is 6.36. The fourth-order valence-corrected chi connectivity index (χ4v) is 2.55. The largest absolute Gasteiger partial charge is 0.469 e. The van der Waals surface area contributed by atoms with Crippen molar-refractivity contribution in [2.24, 2.45) is 5.92 Å². The zero-order chi connectivity index (χ0) is 15.4. The van der Waals surface area contributed by atoms with Gasteiger partial charge in [-0.3, -0.25) is 9.59 Å². The van der Waals surface area contributed by atoms with E-state index in [1.54, 1.807) is 20.0 Å². The third kappa shape index (κ3) is 3.49. The molecule has 0 radical (unpaired) electrons. The maximum atomic E-state index is 12.2. The van der Waals surface area contributed by atoms with Crippen molar-refractivity contribution < 1.29 is 18.8 Å². The normalized spacial score (nSPS) is 12.0. The van der Waals surface area contributed by atoms with Gasteiger partial charge in [-0.1, -0.05) is 18.1 Å². The third-order valence-electron chi connectivity index (χ3n) is 2.99. The number of hydrogen-bond acceptors (Lipinski definition) is 6. The summed E-state index contributed by atoms with van der Waals surface area (Å²) in [5.41, 5.74) is 0.220. The molecule has 0 aromatic carbocycles. The van der Waals surface area contributed by atoms with E-state index in [1.807, 2.05) is 17.5 Å². The Hall–Kier alpha value is -2.15. The van der Waals surface area contributed by atoms with Crippen molar-refractivity contribution in [3.63, 3.8) is 0 Å². The Morgan fingerprint density at radius 3 is 2.90 bits per heavy atom. The average Bonchev–Trinajstić information content (AvgIpc) is 3.15. The molecular formula is C14H16N2O4S. The zero-order valence-corrected chi connectivity index (χ0v) is 12.8. The van der Waals surface area contributed by atoms with E-state index in [1.165, 1.54) is 23.3 Å². The fraction of sp³-hybridized carbons (Fsp3) is 0.357. The summed E-state index contributed by atoms with van der Waals surface area (Å²) in [5, 5.41) is 5.71. The summed E-state index contributed by atoms with van der Waals surface area (Å²) in [6.07, 6.45) is 0. The smallest absolute Gasteiger partial charge is 0.310 e. The van der Waals surface area contributed by atoms with Crippen LogP contribution in [0.2, 0.25) is 0 Å². The second kappa shape index (κ2) is 6.53. The van der Waals surface area contributed by atoms with Crippen LogP contribution in [0.5, 0.6) is 0 Å². The number of methoxy groups -OCH3 is 1. The van der Waals surface area contributed by atoms with Crippen LogP contribution in [0.25, 0.3) is 10.6 Å². The topological polar surface area (TPSA) is 72.6 Å². The van der Waals surface area contributed by atoms with Crippen LogP contribution >= 0.6 is 11.3 Å². The SMILES string of the molecule is COC(=O)C(C)CN(C)C(=O)c1cc(-c2cccs2)on1. The predicted molar refractivity (Wildman–Crippen MR) is 78.0 cm³/mol. The fourth-order valence-electron chi connectivity index (χ4n) is 1.88. The van der Waals surface area contributed by atoms with E-state index < -0.39 is 5.92 Å². The van der Waals surface area contributed by atoms with E-state index in [2.05, 4.69) is 9.89 Å².